The SMILES string of the molecule is O=C(NCCNC(=O)c1c[nH]c2ccccc12)c1ccc(O[C@H]2CC[C@@H](C(=O)O)CC2)cc1. The van der Waals surface area contributed by atoms with Gasteiger partial charge in [0.25, 0.3) is 11.8 Å². The zero-order chi connectivity index (χ0) is 23.2. The number of carbonyl (C=O) groups excluding carboxylic acids is 2. The first-order chi connectivity index (χ1) is 16.0. The molecule has 8 nitrogen and oxygen atoms in total. The molecule has 0 saturated heterocycles. The van der Waals surface area contributed by atoms with Crippen LogP contribution in [0.1, 0.15) is 46.4 Å². The van der Waals surface area contributed by atoms with E-state index in [1.54, 1.807) is 30.5 Å². The summed E-state index contributed by atoms with van der Waals surface area (Å²) in [5.41, 5.74) is 1.97. The number of nitrogens with one attached hydrogen (secondary N) is 3. The summed E-state index contributed by atoms with van der Waals surface area (Å²) in [5.74, 6) is -0.772. The van der Waals surface area contributed by atoms with E-state index in [1.165, 1.54) is 0 Å². The number of benzene rings is 2. The van der Waals surface area contributed by atoms with Gasteiger partial charge >= 0.3 is 5.97 Å². The standard InChI is InChI=1S/C25H27N3O5/c29-23(26-13-14-27-24(30)21-15-28-22-4-2-1-3-20(21)22)16-5-9-18(10-6-16)33-19-11-7-17(8-12-19)25(31)32/h1-6,9-10,15,17,19,28H,7-8,11-14H2,(H,26,29)(H,27,30)(H,31,32)/t17-,19+. The first-order valence-corrected chi connectivity index (χ1v) is 11.1. The van der Waals surface area contributed by atoms with Crippen LogP contribution in [0.25, 0.3) is 10.9 Å². The molecule has 0 aliphatic heterocycles. The van der Waals surface area contributed by atoms with Crippen LogP contribution in [0.15, 0.2) is 54.7 Å². The summed E-state index contributed by atoms with van der Waals surface area (Å²) in [5, 5.41) is 15.6. The van der Waals surface area contributed by atoms with Crippen molar-refractivity contribution in [3.63, 3.8) is 0 Å². The maximum atomic E-state index is 12.4. The van der Waals surface area contributed by atoms with E-state index < -0.39 is 5.97 Å². The highest BCUT2D eigenvalue weighted by atomic mass is 16.5. The van der Waals surface area contributed by atoms with Crippen LogP contribution in [-0.2, 0) is 4.79 Å². The molecule has 4 rings (SSSR count). The Kier molecular flexibility index (Phi) is 6.92. The van der Waals surface area contributed by atoms with Crippen LogP contribution < -0.4 is 15.4 Å². The molecular weight excluding hydrogens is 422 g/mol. The van der Waals surface area contributed by atoms with Crippen molar-refractivity contribution >= 4 is 28.7 Å². The Balaban J connectivity index is 1.20. The van der Waals surface area contributed by atoms with Crippen molar-refractivity contribution in [2.24, 2.45) is 5.92 Å². The lowest BCUT2D eigenvalue weighted by molar-refractivity contribution is -0.143. The number of carboxylic acids is 1. The third kappa shape index (κ3) is 5.52. The second kappa shape index (κ2) is 10.2. The largest absolute Gasteiger partial charge is 0.490 e. The Morgan fingerprint density at radius 1 is 0.909 bits per heavy atom. The maximum Gasteiger partial charge on any atom is 0.306 e. The van der Waals surface area contributed by atoms with Crippen LogP contribution in [0, 0.1) is 5.92 Å². The topological polar surface area (TPSA) is 121 Å². The van der Waals surface area contributed by atoms with Gasteiger partial charge in [-0.15, -0.1) is 0 Å². The molecule has 0 atom stereocenters. The molecule has 0 radical (unpaired) electrons. The number of H-pyrrole nitrogens is 1. The fourth-order valence-corrected chi connectivity index (χ4v) is 4.11. The van der Waals surface area contributed by atoms with E-state index in [2.05, 4.69) is 15.6 Å². The Morgan fingerprint density at radius 3 is 2.27 bits per heavy atom. The van der Waals surface area contributed by atoms with E-state index in [1.807, 2.05) is 24.3 Å². The van der Waals surface area contributed by atoms with E-state index >= 15 is 0 Å². The molecule has 0 bridgehead atoms. The number of rotatable bonds is 8. The summed E-state index contributed by atoms with van der Waals surface area (Å²) in [6.07, 6.45) is 4.35. The zero-order valence-corrected chi connectivity index (χ0v) is 18.2. The lowest BCUT2D eigenvalue weighted by atomic mass is 9.87. The molecule has 2 aromatic carbocycles. The van der Waals surface area contributed by atoms with Crippen LogP contribution in [0.2, 0.25) is 0 Å². The number of carboxylic acid groups (broad SMARTS) is 1. The summed E-state index contributed by atoms with van der Waals surface area (Å²) < 4.78 is 5.93. The normalized spacial score (nSPS) is 17.9. The van der Waals surface area contributed by atoms with Crippen LogP contribution in [0.5, 0.6) is 5.75 Å². The number of hydrogen-bond acceptors (Lipinski definition) is 4. The predicted octanol–water partition coefficient (Wildman–Crippen LogP) is 3.35. The summed E-state index contributed by atoms with van der Waals surface area (Å²) in [4.78, 5) is 38.9. The van der Waals surface area contributed by atoms with Crippen molar-refractivity contribution in [2.45, 2.75) is 31.8 Å². The minimum atomic E-state index is -0.735. The molecular formula is C25H27N3O5. The molecule has 1 aliphatic carbocycles. The Hall–Kier alpha value is -3.81. The molecule has 2 amide bonds. The van der Waals surface area contributed by atoms with Gasteiger partial charge in [-0.3, -0.25) is 14.4 Å². The Labute approximate surface area is 191 Å². The summed E-state index contributed by atoms with van der Waals surface area (Å²) >= 11 is 0. The number of hydrogen-bond donors (Lipinski definition) is 4. The van der Waals surface area contributed by atoms with Crippen molar-refractivity contribution in [2.75, 3.05) is 13.1 Å². The smallest absolute Gasteiger partial charge is 0.306 e. The number of para-hydroxylation sites is 1. The quantitative estimate of drug-likeness (QED) is 0.393. The van der Waals surface area contributed by atoms with Gasteiger partial charge in [-0.25, -0.2) is 0 Å². The van der Waals surface area contributed by atoms with E-state index in [0.29, 0.717) is 55.6 Å². The molecule has 4 N–H and O–H groups in total. The number of aromatic nitrogens is 1. The number of ether oxygens (including phenoxy) is 1. The van der Waals surface area contributed by atoms with Gasteiger partial charge in [0.15, 0.2) is 0 Å². The molecule has 1 saturated carbocycles. The number of fused-ring (bicyclic) bond motifs is 1. The van der Waals surface area contributed by atoms with Gasteiger partial charge in [0.05, 0.1) is 17.6 Å². The molecule has 8 heteroatoms. The molecule has 172 valence electrons. The molecule has 1 aromatic heterocycles. The first kappa shape index (κ1) is 22.4. The van der Waals surface area contributed by atoms with Crippen molar-refractivity contribution in [1.29, 1.82) is 0 Å². The average molecular weight is 450 g/mol. The number of aliphatic carboxylic acids is 1. The van der Waals surface area contributed by atoms with Crippen molar-refractivity contribution in [1.82, 2.24) is 15.6 Å². The lowest BCUT2D eigenvalue weighted by Crippen LogP contribution is -2.34. The van der Waals surface area contributed by atoms with Gasteiger partial charge < -0.3 is 25.5 Å². The monoisotopic (exact) mass is 449 g/mol. The van der Waals surface area contributed by atoms with Gasteiger partial charge in [0.1, 0.15) is 5.75 Å². The van der Waals surface area contributed by atoms with Crippen LogP contribution >= 0.6 is 0 Å². The fourth-order valence-electron chi connectivity index (χ4n) is 4.11. The third-order valence-corrected chi connectivity index (χ3v) is 5.97. The van der Waals surface area contributed by atoms with E-state index in [9.17, 15) is 14.4 Å². The van der Waals surface area contributed by atoms with Crippen LogP contribution in [0.4, 0.5) is 0 Å². The third-order valence-electron chi connectivity index (χ3n) is 5.97. The highest BCUT2D eigenvalue weighted by molar-refractivity contribution is 6.06. The minimum Gasteiger partial charge on any atom is -0.490 e. The number of amides is 2. The van der Waals surface area contributed by atoms with Crippen molar-refractivity contribution in [3.05, 3.63) is 65.9 Å². The molecule has 1 aliphatic rings. The highest BCUT2D eigenvalue weighted by Crippen LogP contribution is 2.28. The minimum absolute atomic E-state index is 0.000959. The first-order valence-electron chi connectivity index (χ1n) is 11.1. The van der Waals surface area contributed by atoms with Gasteiger partial charge in [0.2, 0.25) is 0 Å². The molecule has 0 spiro atoms. The van der Waals surface area contributed by atoms with E-state index in [0.717, 1.165) is 10.9 Å². The summed E-state index contributed by atoms with van der Waals surface area (Å²) in [6.45, 7) is 0.613. The number of carbonyl (C=O) groups is 3. The average Bonchev–Trinajstić information content (AvgIpc) is 3.27. The summed E-state index contributed by atoms with van der Waals surface area (Å²) in [6, 6.07) is 14.5. The second-order valence-corrected chi connectivity index (χ2v) is 8.21. The van der Waals surface area contributed by atoms with Crippen molar-refractivity contribution < 1.29 is 24.2 Å². The molecule has 33 heavy (non-hydrogen) atoms. The zero-order valence-electron chi connectivity index (χ0n) is 18.2. The van der Waals surface area contributed by atoms with Gasteiger partial charge in [0, 0.05) is 35.8 Å². The van der Waals surface area contributed by atoms with Crippen LogP contribution in [0.3, 0.4) is 0 Å². The van der Waals surface area contributed by atoms with Gasteiger partial charge in [-0.05, 0) is 56.0 Å². The predicted molar refractivity (Wildman–Crippen MR) is 123 cm³/mol. The highest BCUT2D eigenvalue weighted by Gasteiger charge is 2.26. The van der Waals surface area contributed by atoms with Gasteiger partial charge in [-0.2, -0.15) is 0 Å². The molecule has 1 heterocycles. The van der Waals surface area contributed by atoms with Crippen molar-refractivity contribution in [3.8, 4) is 5.75 Å². The number of aromatic amines is 1. The Bertz CT molecular complexity index is 1130. The van der Waals surface area contributed by atoms with Gasteiger partial charge in [-0.1, -0.05) is 18.2 Å². The lowest BCUT2D eigenvalue weighted by Gasteiger charge is -2.26. The molecule has 1 fully saturated rings. The van der Waals surface area contributed by atoms with Crippen LogP contribution in [-0.4, -0.2) is 47.1 Å². The fraction of sp³-hybridized carbons (Fsp3) is 0.320. The maximum absolute atomic E-state index is 12.4. The molecule has 0 unspecified atom stereocenters. The second-order valence-electron chi connectivity index (χ2n) is 8.21. The Morgan fingerprint density at radius 2 is 1.58 bits per heavy atom. The summed E-state index contributed by atoms with van der Waals surface area (Å²) in [7, 11) is 0. The molecule has 3 aromatic rings. The van der Waals surface area contributed by atoms with E-state index in [4.69, 9.17) is 9.84 Å². The van der Waals surface area contributed by atoms with E-state index in [-0.39, 0.29) is 23.8 Å².